The van der Waals surface area contributed by atoms with Gasteiger partial charge in [0.1, 0.15) is 11.6 Å². The quantitative estimate of drug-likeness (QED) is 0.392. The Morgan fingerprint density at radius 1 is 1.30 bits per heavy atom. The Labute approximate surface area is 58.6 Å². The van der Waals surface area contributed by atoms with Crippen molar-refractivity contribution < 1.29 is 5.11 Å². The van der Waals surface area contributed by atoms with Crippen molar-refractivity contribution in [3.8, 4) is 5.75 Å². The van der Waals surface area contributed by atoms with Crippen molar-refractivity contribution in [3.05, 3.63) is 29.8 Å². The SMILES string of the molecule is N=C(N)c1ccc(O)cc1. The van der Waals surface area contributed by atoms with Gasteiger partial charge in [0.15, 0.2) is 0 Å². The Bertz CT molecular complexity index is 240. The molecular weight excluding hydrogens is 128 g/mol. The summed E-state index contributed by atoms with van der Waals surface area (Å²) >= 11 is 0. The highest BCUT2D eigenvalue weighted by Gasteiger charge is 1.93. The maximum absolute atomic E-state index is 8.83. The lowest BCUT2D eigenvalue weighted by Gasteiger charge is -1.95. The molecule has 0 unspecified atom stereocenters. The Balaban J connectivity index is 3.00. The van der Waals surface area contributed by atoms with E-state index in [0.717, 1.165) is 0 Å². The van der Waals surface area contributed by atoms with Gasteiger partial charge in [-0.1, -0.05) is 0 Å². The van der Waals surface area contributed by atoms with Gasteiger partial charge in [0.25, 0.3) is 0 Å². The molecule has 0 amide bonds. The van der Waals surface area contributed by atoms with Gasteiger partial charge in [-0.25, -0.2) is 0 Å². The standard InChI is InChI=1S/C7H8N2O/c8-7(9)5-1-3-6(10)4-2-5/h1-4,10H,(H3,8,9). The lowest BCUT2D eigenvalue weighted by molar-refractivity contribution is 0.475. The fraction of sp³-hybridized carbons (Fsp3) is 0. The van der Waals surface area contributed by atoms with Crippen molar-refractivity contribution in [1.29, 1.82) is 5.41 Å². The van der Waals surface area contributed by atoms with E-state index in [2.05, 4.69) is 0 Å². The molecule has 1 aromatic carbocycles. The van der Waals surface area contributed by atoms with Crippen LogP contribution in [0.5, 0.6) is 5.75 Å². The summed E-state index contributed by atoms with van der Waals surface area (Å²) in [5, 5.41) is 15.8. The van der Waals surface area contributed by atoms with Gasteiger partial charge in [-0.3, -0.25) is 5.41 Å². The van der Waals surface area contributed by atoms with Gasteiger partial charge in [0.05, 0.1) is 0 Å². The molecule has 0 spiro atoms. The molecule has 0 saturated heterocycles. The molecule has 0 saturated carbocycles. The number of nitrogens with two attached hydrogens (primary N) is 1. The Morgan fingerprint density at radius 2 is 1.80 bits per heavy atom. The Morgan fingerprint density at radius 3 is 2.20 bits per heavy atom. The van der Waals surface area contributed by atoms with Gasteiger partial charge in [-0.2, -0.15) is 0 Å². The summed E-state index contributed by atoms with van der Waals surface area (Å²) in [7, 11) is 0. The molecule has 0 atom stereocenters. The smallest absolute Gasteiger partial charge is 0.122 e. The monoisotopic (exact) mass is 136 g/mol. The highest BCUT2D eigenvalue weighted by atomic mass is 16.3. The predicted octanol–water partition coefficient (Wildman–Crippen LogP) is 0.676. The van der Waals surface area contributed by atoms with Crippen LogP contribution in [0.3, 0.4) is 0 Å². The number of aromatic hydroxyl groups is 1. The molecule has 0 fully saturated rings. The number of hydrogen-bond acceptors (Lipinski definition) is 2. The lowest BCUT2D eigenvalue weighted by atomic mass is 10.2. The van der Waals surface area contributed by atoms with Crippen LogP contribution in [-0.4, -0.2) is 10.9 Å². The van der Waals surface area contributed by atoms with Gasteiger partial charge < -0.3 is 10.8 Å². The molecule has 0 radical (unpaired) electrons. The predicted molar refractivity (Wildman–Crippen MR) is 39.1 cm³/mol. The molecule has 3 nitrogen and oxygen atoms in total. The Hall–Kier alpha value is -1.51. The van der Waals surface area contributed by atoms with E-state index in [1.807, 2.05) is 0 Å². The first-order valence-corrected chi connectivity index (χ1v) is 2.83. The van der Waals surface area contributed by atoms with E-state index in [1.54, 1.807) is 12.1 Å². The van der Waals surface area contributed by atoms with Crippen LogP contribution in [0.15, 0.2) is 24.3 Å². The van der Waals surface area contributed by atoms with Crippen molar-refractivity contribution >= 4 is 5.84 Å². The third-order valence-corrected chi connectivity index (χ3v) is 1.18. The average molecular weight is 136 g/mol. The van der Waals surface area contributed by atoms with Crippen LogP contribution in [0, 0.1) is 5.41 Å². The summed E-state index contributed by atoms with van der Waals surface area (Å²) in [6.45, 7) is 0. The molecule has 0 bridgehead atoms. The second-order valence-corrected chi connectivity index (χ2v) is 1.96. The molecule has 4 N–H and O–H groups in total. The molecule has 1 aromatic rings. The minimum Gasteiger partial charge on any atom is -0.508 e. The van der Waals surface area contributed by atoms with Crippen LogP contribution in [0.25, 0.3) is 0 Å². The largest absolute Gasteiger partial charge is 0.508 e. The molecule has 1 rings (SSSR count). The van der Waals surface area contributed by atoms with E-state index in [9.17, 15) is 0 Å². The molecule has 0 aliphatic rings. The van der Waals surface area contributed by atoms with Crippen molar-refractivity contribution in [1.82, 2.24) is 0 Å². The van der Waals surface area contributed by atoms with Crippen LogP contribution in [0.2, 0.25) is 0 Å². The normalized spacial score (nSPS) is 9.20. The highest BCUT2D eigenvalue weighted by molar-refractivity contribution is 5.94. The lowest BCUT2D eigenvalue weighted by Crippen LogP contribution is -2.10. The van der Waals surface area contributed by atoms with Gasteiger partial charge in [-0.15, -0.1) is 0 Å². The average Bonchev–Trinajstić information content (AvgIpc) is 1.88. The summed E-state index contributed by atoms with van der Waals surface area (Å²) in [6, 6.07) is 6.18. The number of phenolic OH excluding ortho intramolecular Hbond substituents is 1. The second kappa shape index (κ2) is 2.39. The maximum Gasteiger partial charge on any atom is 0.122 e. The topological polar surface area (TPSA) is 70.1 Å². The summed E-state index contributed by atoms with van der Waals surface area (Å²) in [5.41, 5.74) is 5.79. The van der Waals surface area contributed by atoms with Crippen molar-refractivity contribution in [3.63, 3.8) is 0 Å². The number of nitrogen functional groups attached to an aromatic ring is 1. The van der Waals surface area contributed by atoms with E-state index < -0.39 is 0 Å². The highest BCUT2D eigenvalue weighted by Crippen LogP contribution is 2.08. The van der Waals surface area contributed by atoms with Gasteiger partial charge in [-0.05, 0) is 24.3 Å². The molecular formula is C7H8N2O. The van der Waals surface area contributed by atoms with Crippen LogP contribution in [0.4, 0.5) is 0 Å². The number of phenols is 1. The third-order valence-electron chi connectivity index (χ3n) is 1.18. The van der Waals surface area contributed by atoms with Crippen LogP contribution in [0.1, 0.15) is 5.56 Å². The first kappa shape index (κ1) is 6.61. The fourth-order valence-corrected chi connectivity index (χ4v) is 0.641. The fourth-order valence-electron chi connectivity index (χ4n) is 0.641. The number of amidine groups is 1. The minimum absolute atomic E-state index is 0.0139. The van der Waals surface area contributed by atoms with E-state index in [4.69, 9.17) is 16.2 Å². The summed E-state index contributed by atoms with van der Waals surface area (Å²) in [4.78, 5) is 0. The van der Waals surface area contributed by atoms with E-state index in [0.29, 0.717) is 5.56 Å². The Kier molecular flexibility index (Phi) is 1.58. The number of benzene rings is 1. The zero-order valence-corrected chi connectivity index (χ0v) is 5.33. The van der Waals surface area contributed by atoms with Gasteiger partial charge >= 0.3 is 0 Å². The van der Waals surface area contributed by atoms with Gasteiger partial charge in [0.2, 0.25) is 0 Å². The number of nitrogens with one attached hydrogen (secondary N) is 1. The summed E-state index contributed by atoms with van der Waals surface area (Å²) in [5.74, 6) is 0.199. The summed E-state index contributed by atoms with van der Waals surface area (Å²) in [6.07, 6.45) is 0. The summed E-state index contributed by atoms with van der Waals surface area (Å²) < 4.78 is 0. The zero-order chi connectivity index (χ0) is 7.56. The molecule has 3 heteroatoms. The number of rotatable bonds is 1. The molecule has 0 heterocycles. The van der Waals surface area contributed by atoms with Crippen LogP contribution >= 0.6 is 0 Å². The van der Waals surface area contributed by atoms with E-state index in [-0.39, 0.29) is 11.6 Å². The van der Waals surface area contributed by atoms with Crippen LogP contribution < -0.4 is 5.73 Å². The first-order chi connectivity index (χ1) is 4.70. The minimum atomic E-state index is 0.0139. The molecule has 52 valence electrons. The van der Waals surface area contributed by atoms with Crippen molar-refractivity contribution in [2.24, 2.45) is 5.73 Å². The molecule has 10 heavy (non-hydrogen) atoms. The zero-order valence-electron chi connectivity index (χ0n) is 5.33. The van der Waals surface area contributed by atoms with Crippen molar-refractivity contribution in [2.45, 2.75) is 0 Å². The second-order valence-electron chi connectivity index (χ2n) is 1.96. The van der Waals surface area contributed by atoms with Gasteiger partial charge in [0, 0.05) is 5.56 Å². The number of hydrogen-bond donors (Lipinski definition) is 3. The van der Waals surface area contributed by atoms with Crippen LogP contribution in [-0.2, 0) is 0 Å². The molecule has 0 aromatic heterocycles. The third kappa shape index (κ3) is 1.25. The first-order valence-electron chi connectivity index (χ1n) is 2.83. The molecule has 0 aliphatic carbocycles. The molecule has 0 aliphatic heterocycles. The van der Waals surface area contributed by atoms with E-state index in [1.165, 1.54) is 12.1 Å². The van der Waals surface area contributed by atoms with E-state index >= 15 is 0 Å². The van der Waals surface area contributed by atoms with Crippen molar-refractivity contribution in [2.75, 3.05) is 0 Å². The maximum atomic E-state index is 8.83.